The lowest BCUT2D eigenvalue weighted by Gasteiger charge is -2.23. The molecule has 1 saturated heterocycles. The number of hydrogen-bond donors (Lipinski definition) is 1. The maximum absolute atomic E-state index is 12.4. The van der Waals surface area contributed by atoms with E-state index in [1.54, 1.807) is 28.6 Å². The molecule has 5 heteroatoms. The summed E-state index contributed by atoms with van der Waals surface area (Å²) in [5, 5.41) is 9.09. The van der Waals surface area contributed by atoms with Gasteiger partial charge in [-0.3, -0.25) is 0 Å². The minimum Gasteiger partial charge on any atom is -0.392 e. The van der Waals surface area contributed by atoms with Crippen LogP contribution in [0.15, 0.2) is 24.3 Å². The average Bonchev–Trinajstić information content (AvgIpc) is 2.87. The third-order valence-electron chi connectivity index (χ3n) is 3.67. The fourth-order valence-corrected chi connectivity index (χ4v) is 4.58. The predicted octanol–water partition coefficient (Wildman–Crippen LogP) is 1.88. The molecular weight excluding hydrogens is 262 g/mol. The van der Waals surface area contributed by atoms with E-state index < -0.39 is 10.0 Å². The van der Waals surface area contributed by atoms with Crippen LogP contribution in [0.2, 0.25) is 0 Å². The average molecular weight is 283 g/mol. The molecule has 19 heavy (non-hydrogen) atoms. The van der Waals surface area contributed by atoms with Crippen molar-refractivity contribution in [2.75, 3.05) is 6.54 Å². The van der Waals surface area contributed by atoms with Gasteiger partial charge in [0.25, 0.3) is 0 Å². The van der Waals surface area contributed by atoms with E-state index in [9.17, 15) is 8.42 Å². The first kappa shape index (κ1) is 14.5. The summed E-state index contributed by atoms with van der Waals surface area (Å²) in [6.07, 6.45) is 2.79. The standard InChI is InChI=1S/C14H21NO3S/c1-2-14-7-4-8-15(14)19(17,18)11-13-6-3-5-12(9-13)10-16/h3,5-6,9,14,16H,2,4,7-8,10-11H2,1H3. The molecule has 1 aliphatic rings. The summed E-state index contributed by atoms with van der Waals surface area (Å²) in [7, 11) is -3.25. The zero-order valence-electron chi connectivity index (χ0n) is 11.2. The van der Waals surface area contributed by atoms with Crippen molar-refractivity contribution in [1.82, 2.24) is 4.31 Å². The summed E-state index contributed by atoms with van der Waals surface area (Å²) in [4.78, 5) is 0. The Bertz CT molecular complexity index is 527. The molecule has 4 nitrogen and oxygen atoms in total. The predicted molar refractivity (Wildman–Crippen MR) is 75.0 cm³/mol. The molecule has 106 valence electrons. The smallest absolute Gasteiger partial charge is 0.218 e. The molecule has 1 aromatic rings. The van der Waals surface area contributed by atoms with Crippen molar-refractivity contribution in [3.8, 4) is 0 Å². The van der Waals surface area contributed by atoms with Crippen LogP contribution in [-0.2, 0) is 22.4 Å². The Hall–Kier alpha value is -0.910. The van der Waals surface area contributed by atoms with E-state index >= 15 is 0 Å². The Morgan fingerprint density at radius 2 is 2.11 bits per heavy atom. The monoisotopic (exact) mass is 283 g/mol. The van der Waals surface area contributed by atoms with E-state index in [2.05, 4.69) is 0 Å². The van der Waals surface area contributed by atoms with E-state index in [4.69, 9.17) is 5.11 Å². The number of rotatable bonds is 5. The van der Waals surface area contributed by atoms with E-state index in [-0.39, 0.29) is 18.4 Å². The summed E-state index contributed by atoms with van der Waals surface area (Å²) >= 11 is 0. The van der Waals surface area contributed by atoms with Crippen molar-refractivity contribution in [3.63, 3.8) is 0 Å². The van der Waals surface area contributed by atoms with Gasteiger partial charge in [0.2, 0.25) is 10.0 Å². The molecule has 0 aliphatic carbocycles. The Balaban J connectivity index is 2.16. The molecule has 2 rings (SSSR count). The number of benzene rings is 1. The van der Waals surface area contributed by atoms with Gasteiger partial charge in [-0.1, -0.05) is 31.2 Å². The largest absolute Gasteiger partial charge is 0.392 e. The highest BCUT2D eigenvalue weighted by atomic mass is 32.2. The Morgan fingerprint density at radius 1 is 1.37 bits per heavy atom. The molecule has 1 atom stereocenters. The lowest BCUT2D eigenvalue weighted by atomic mass is 10.1. The van der Waals surface area contributed by atoms with Crippen LogP contribution < -0.4 is 0 Å². The maximum Gasteiger partial charge on any atom is 0.218 e. The van der Waals surface area contributed by atoms with Gasteiger partial charge < -0.3 is 5.11 Å². The molecule has 0 spiro atoms. The van der Waals surface area contributed by atoms with Gasteiger partial charge in [-0.05, 0) is 30.4 Å². The Labute approximate surface area is 115 Å². The number of sulfonamides is 1. The summed E-state index contributed by atoms with van der Waals surface area (Å²) in [5.41, 5.74) is 1.49. The topological polar surface area (TPSA) is 57.6 Å². The Morgan fingerprint density at radius 3 is 2.79 bits per heavy atom. The van der Waals surface area contributed by atoms with Crippen molar-refractivity contribution < 1.29 is 13.5 Å². The zero-order chi connectivity index (χ0) is 13.9. The van der Waals surface area contributed by atoms with E-state index in [0.29, 0.717) is 6.54 Å². The van der Waals surface area contributed by atoms with Gasteiger partial charge in [0, 0.05) is 12.6 Å². The van der Waals surface area contributed by atoms with Crippen LogP contribution in [0.25, 0.3) is 0 Å². The second-order valence-electron chi connectivity index (χ2n) is 5.05. The van der Waals surface area contributed by atoms with Crippen molar-refractivity contribution in [3.05, 3.63) is 35.4 Å². The minimum absolute atomic E-state index is 0.0251. The van der Waals surface area contributed by atoms with Crippen LogP contribution in [0, 0.1) is 0 Å². The lowest BCUT2D eigenvalue weighted by molar-refractivity contribution is 0.281. The molecule has 0 radical (unpaired) electrons. The molecule has 1 unspecified atom stereocenters. The van der Waals surface area contributed by atoms with Crippen LogP contribution in [0.1, 0.15) is 37.3 Å². The van der Waals surface area contributed by atoms with Gasteiger partial charge in [0.15, 0.2) is 0 Å². The minimum atomic E-state index is -3.25. The third-order valence-corrected chi connectivity index (χ3v) is 5.57. The number of aliphatic hydroxyl groups excluding tert-OH is 1. The van der Waals surface area contributed by atoms with Crippen molar-refractivity contribution in [2.45, 2.75) is 44.6 Å². The molecule has 0 amide bonds. The van der Waals surface area contributed by atoms with Crippen LogP contribution in [0.5, 0.6) is 0 Å². The molecule has 0 saturated carbocycles. The second kappa shape index (κ2) is 6.03. The quantitative estimate of drug-likeness (QED) is 0.897. The maximum atomic E-state index is 12.4. The van der Waals surface area contributed by atoms with Gasteiger partial charge >= 0.3 is 0 Å². The van der Waals surface area contributed by atoms with E-state index in [1.165, 1.54) is 0 Å². The van der Waals surface area contributed by atoms with Crippen LogP contribution in [0.3, 0.4) is 0 Å². The second-order valence-corrected chi connectivity index (χ2v) is 6.97. The molecule has 1 aliphatic heterocycles. The van der Waals surface area contributed by atoms with Gasteiger partial charge in [0.05, 0.1) is 12.4 Å². The van der Waals surface area contributed by atoms with Gasteiger partial charge in [-0.15, -0.1) is 0 Å². The van der Waals surface area contributed by atoms with Gasteiger partial charge in [0.1, 0.15) is 0 Å². The molecule has 1 N–H and O–H groups in total. The SMILES string of the molecule is CCC1CCCN1S(=O)(=O)Cc1cccc(CO)c1. The van der Waals surface area contributed by atoms with Gasteiger partial charge in [-0.25, -0.2) is 8.42 Å². The first-order valence-electron chi connectivity index (χ1n) is 6.75. The lowest BCUT2D eigenvalue weighted by Crippen LogP contribution is -2.35. The zero-order valence-corrected chi connectivity index (χ0v) is 12.1. The summed E-state index contributed by atoms with van der Waals surface area (Å²) < 4.78 is 26.5. The summed E-state index contributed by atoms with van der Waals surface area (Å²) in [6.45, 7) is 2.61. The third kappa shape index (κ3) is 3.35. The first-order chi connectivity index (χ1) is 9.06. The Kier molecular flexibility index (Phi) is 4.60. The highest BCUT2D eigenvalue weighted by Crippen LogP contribution is 2.25. The van der Waals surface area contributed by atoms with E-state index in [1.807, 2.05) is 6.92 Å². The number of aliphatic hydroxyl groups is 1. The van der Waals surface area contributed by atoms with Crippen LogP contribution in [-0.4, -0.2) is 30.4 Å². The molecule has 0 aromatic heterocycles. The molecule has 1 fully saturated rings. The fourth-order valence-electron chi connectivity index (χ4n) is 2.69. The highest BCUT2D eigenvalue weighted by Gasteiger charge is 2.32. The van der Waals surface area contributed by atoms with Gasteiger partial charge in [-0.2, -0.15) is 4.31 Å². The normalized spacial score (nSPS) is 20.8. The van der Waals surface area contributed by atoms with Crippen LogP contribution in [0.4, 0.5) is 0 Å². The fraction of sp³-hybridized carbons (Fsp3) is 0.571. The molecule has 1 heterocycles. The van der Waals surface area contributed by atoms with Crippen LogP contribution >= 0.6 is 0 Å². The highest BCUT2D eigenvalue weighted by molar-refractivity contribution is 7.88. The molecule has 1 aromatic carbocycles. The molecule has 0 bridgehead atoms. The first-order valence-corrected chi connectivity index (χ1v) is 8.36. The van der Waals surface area contributed by atoms with Crippen molar-refractivity contribution >= 4 is 10.0 Å². The number of nitrogens with zero attached hydrogens (tertiary/aromatic N) is 1. The van der Waals surface area contributed by atoms with Crippen molar-refractivity contribution in [2.24, 2.45) is 0 Å². The van der Waals surface area contributed by atoms with Crippen molar-refractivity contribution in [1.29, 1.82) is 0 Å². The summed E-state index contributed by atoms with van der Waals surface area (Å²) in [5.74, 6) is 0.0251. The molecular formula is C14H21NO3S. The van der Waals surface area contributed by atoms with E-state index in [0.717, 1.165) is 30.4 Å². The summed E-state index contributed by atoms with van der Waals surface area (Å²) in [6, 6.07) is 7.30. The number of hydrogen-bond acceptors (Lipinski definition) is 3.